The first-order valence-corrected chi connectivity index (χ1v) is 10.4. The van der Waals surface area contributed by atoms with Gasteiger partial charge in [-0.2, -0.15) is 13.2 Å². The molecule has 0 aliphatic rings. The smallest absolute Gasteiger partial charge is 0.327 e. The molecule has 12 heteroatoms. The summed E-state index contributed by atoms with van der Waals surface area (Å²) in [6.07, 6.45) is -4.29. The number of aromatic nitrogens is 1. The summed E-state index contributed by atoms with van der Waals surface area (Å²) in [5, 5.41) is 2.06. The van der Waals surface area contributed by atoms with Crippen LogP contribution in [0.4, 0.5) is 28.9 Å². The van der Waals surface area contributed by atoms with Crippen LogP contribution < -0.4 is 15.6 Å². The van der Waals surface area contributed by atoms with Gasteiger partial charge in [-0.25, -0.2) is 12.8 Å². The van der Waals surface area contributed by atoms with Crippen LogP contribution >= 0.6 is 0 Å². The van der Waals surface area contributed by atoms with Crippen LogP contribution in [0, 0.1) is 12.7 Å². The Morgan fingerprint density at radius 2 is 1.72 bits per heavy atom. The molecule has 0 unspecified atom stereocenters. The molecule has 0 spiro atoms. The highest BCUT2D eigenvalue weighted by Gasteiger charge is 2.31. The van der Waals surface area contributed by atoms with E-state index < -0.39 is 49.6 Å². The molecule has 3 aromatic rings. The van der Waals surface area contributed by atoms with Crippen LogP contribution in [0.25, 0.3) is 0 Å². The number of alkyl halides is 3. The molecule has 0 atom stereocenters. The summed E-state index contributed by atoms with van der Waals surface area (Å²) in [7, 11) is -4.30. The van der Waals surface area contributed by atoms with Gasteiger partial charge in [0.15, 0.2) is 0 Å². The maximum Gasteiger partial charge on any atom is 0.417 e. The fraction of sp³-hybridized carbons (Fsp3) is 0.100. The number of carbonyl (C=O) groups is 1. The third-order valence-electron chi connectivity index (χ3n) is 4.36. The van der Waals surface area contributed by atoms with E-state index in [0.29, 0.717) is 12.3 Å². The number of sulfonamides is 1. The minimum absolute atomic E-state index is 0.210. The van der Waals surface area contributed by atoms with Crippen LogP contribution in [-0.2, 0) is 16.2 Å². The first-order valence-electron chi connectivity index (χ1n) is 8.88. The highest BCUT2D eigenvalue weighted by atomic mass is 32.2. The summed E-state index contributed by atoms with van der Waals surface area (Å²) in [5.41, 5.74) is -3.06. The number of amides is 1. The van der Waals surface area contributed by atoms with E-state index in [9.17, 15) is 35.6 Å². The highest BCUT2D eigenvalue weighted by molar-refractivity contribution is 7.92. The van der Waals surface area contributed by atoms with Gasteiger partial charge in [0.2, 0.25) is 0 Å². The Balaban J connectivity index is 1.93. The second kappa shape index (κ2) is 8.46. The Kier molecular flexibility index (Phi) is 6.08. The second-order valence-electron chi connectivity index (χ2n) is 6.65. The fourth-order valence-corrected chi connectivity index (χ4v) is 3.78. The molecule has 7 nitrogen and oxygen atoms in total. The van der Waals surface area contributed by atoms with E-state index in [-0.39, 0.29) is 16.8 Å². The van der Waals surface area contributed by atoms with Gasteiger partial charge in [0, 0.05) is 11.8 Å². The van der Waals surface area contributed by atoms with Gasteiger partial charge in [0.25, 0.3) is 21.5 Å². The van der Waals surface area contributed by atoms with Crippen LogP contribution in [0.1, 0.15) is 21.5 Å². The summed E-state index contributed by atoms with van der Waals surface area (Å²) < 4.78 is 79.7. The van der Waals surface area contributed by atoms with Gasteiger partial charge in [-0.3, -0.25) is 14.3 Å². The Hall–Kier alpha value is -3.67. The number of anilines is 2. The Morgan fingerprint density at radius 1 is 1.03 bits per heavy atom. The van der Waals surface area contributed by atoms with Gasteiger partial charge in [-0.15, -0.1) is 0 Å². The number of halogens is 4. The van der Waals surface area contributed by atoms with Crippen molar-refractivity contribution < 1.29 is 30.8 Å². The van der Waals surface area contributed by atoms with Gasteiger partial charge in [0.1, 0.15) is 11.5 Å². The van der Waals surface area contributed by atoms with Crippen molar-refractivity contribution in [2.24, 2.45) is 0 Å². The predicted molar refractivity (Wildman–Crippen MR) is 108 cm³/mol. The molecule has 1 amide bonds. The highest BCUT2D eigenvalue weighted by Crippen LogP contribution is 2.29. The average molecular weight is 469 g/mol. The minimum Gasteiger partial charge on any atom is -0.327 e. The summed E-state index contributed by atoms with van der Waals surface area (Å²) in [6.45, 7) is 1.46. The first-order chi connectivity index (χ1) is 14.9. The van der Waals surface area contributed by atoms with Crippen LogP contribution in [0.3, 0.4) is 0 Å². The molecule has 0 saturated carbocycles. The molecule has 0 bridgehead atoms. The summed E-state index contributed by atoms with van der Waals surface area (Å²) in [5.74, 6) is -1.82. The molecule has 0 fully saturated rings. The van der Waals surface area contributed by atoms with E-state index >= 15 is 0 Å². The van der Waals surface area contributed by atoms with Gasteiger partial charge in [-0.05, 0) is 42.8 Å². The lowest BCUT2D eigenvalue weighted by atomic mass is 10.1. The van der Waals surface area contributed by atoms with Crippen molar-refractivity contribution in [3.05, 3.63) is 87.6 Å². The topological polar surface area (TPSA) is 108 Å². The summed E-state index contributed by atoms with van der Waals surface area (Å²) in [6, 6.07) is 8.95. The Bertz CT molecular complexity index is 1350. The first kappa shape index (κ1) is 23.0. The molecule has 3 N–H and O–H groups in total. The van der Waals surface area contributed by atoms with Crippen molar-refractivity contribution in [3.63, 3.8) is 0 Å². The molecule has 2 aromatic carbocycles. The van der Waals surface area contributed by atoms with Crippen molar-refractivity contribution in [1.82, 2.24) is 4.98 Å². The summed E-state index contributed by atoms with van der Waals surface area (Å²) in [4.78, 5) is 25.9. The van der Waals surface area contributed by atoms with Crippen LogP contribution in [0.5, 0.6) is 0 Å². The number of hydrogen-bond donors (Lipinski definition) is 3. The lowest BCUT2D eigenvalue weighted by molar-refractivity contribution is -0.137. The van der Waals surface area contributed by atoms with Gasteiger partial charge >= 0.3 is 6.18 Å². The maximum absolute atomic E-state index is 13.8. The monoisotopic (exact) mass is 469 g/mol. The third kappa shape index (κ3) is 4.97. The number of hydrogen-bond acceptors (Lipinski definition) is 4. The summed E-state index contributed by atoms with van der Waals surface area (Å²) >= 11 is 0. The zero-order valence-electron chi connectivity index (χ0n) is 16.2. The van der Waals surface area contributed by atoms with E-state index in [1.807, 2.05) is 4.98 Å². The van der Waals surface area contributed by atoms with Crippen molar-refractivity contribution in [1.29, 1.82) is 0 Å². The Labute approximate surface area is 179 Å². The normalized spacial score (nSPS) is 11.8. The SMILES string of the molecule is Cc1ccc(S(=O)(=O)Nc2ccccc2F)cc1C(=O)Nc1cc(C(F)(F)F)c[nH]c1=O. The van der Waals surface area contributed by atoms with Crippen LogP contribution in [0.2, 0.25) is 0 Å². The number of aryl methyl sites for hydroxylation is 1. The standard InChI is InChI=1S/C20H15F4N3O4S/c1-11-6-7-13(32(30,31)27-16-5-3-2-4-15(16)21)9-14(11)18(28)26-17-8-12(20(22,23)24)10-25-19(17)29/h2-10,27H,1H3,(H,25,29)(H,26,28). The Morgan fingerprint density at radius 3 is 2.38 bits per heavy atom. The van der Waals surface area contributed by atoms with Crippen LogP contribution in [0.15, 0.2) is 64.4 Å². The molecule has 32 heavy (non-hydrogen) atoms. The van der Waals surface area contributed by atoms with E-state index in [4.69, 9.17) is 0 Å². The second-order valence-corrected chi connectivity index (χ2v) is 8.33. The van der Waals surface area contributed by atoms with Gasteiger partial charge in [-0.1, -0.05) is 18.2 Å². The minimum atomic E-state index is -4.76. The molecule has 1 heterocycles. The van der Waals surface area contributed by atoms with E-state index in [0.717, 1.165) is 12.1 Å². The number of H-pyrrole nitrogens is 1. The number of carbonyl (C=O) groups excluding carboxylic acids is 1. The number of nitrogens with one attached hydrogen (secondary N) is 3. The lowest BCUT2D eigenvalue weighted by Crippen LogP contribution is -2.22. The van der Waals surface area contributed by atoms with Crippen molar-refractivity contribution >= 4 is 27.3 Å². The van der Waals surface area contributed by atoms with Crippen LogP contribution in [-0.4, -0.2) is 19.3 Å². The van der Waals surface area contributed by atoms with Crippen molar-refractivity contribution in [3.8, 4) is 0 Å². The molecule has 0 aliphatic heterocycles. The number of benzene rings is 2. The zero-order chi connectivity index (χ0) is 23.7. The third-order valence-corrected chi connectivity index (χ3v) is 5.72. The zero-order valence-corrected chi connectivity index (χ0v) is 17.1. The molecule has 1 aromatic heterocycles. The molecule has 3 rings (SSSR count). The van der Waals surface area contributed by atoms with E-state index in [1.165, 1.54) is 37.3 Å². The van der Waals surface area contributed by atoms with Crippen molar-refractivity contribution in [2.75, 3.05) is 10.0 Å². The number of rotatable bonds is 5. The fourth-order valence-electron chi connectivity index (χ4n) is 2.69. The molecule has 0 saturated heterocycles. The van der Waals surface area contributed by atoms with Crippen molar-refractivity contribution in [2.45, 2.75) is 18.0 Å². The molecule has 0 radical (unpaired) electrons. The molecule has 168 valence electrons. The quantitative estimate of drug-likeness (QED) is 0.493. The number of pyridine rings is 1. The van der Waals surface area contributed by atoms with Gasteiger partial charge < -0.3 is 10.3 Å². The van der Waals surface area contributed by atoms with E-state index in [1.54, 1.807) is 0 Å². The maximum atomic E-state index is 13.8. The van der Waals surface area contributed by atoms with E-state index in [2.05, 4.69) is 10.0 Å². The molecular weight excluding hydrogens is 454 g/mol. The lowest BCUT2D eigenvalue weighted by Gasteiger charge is -2.13. The molecular formula is C20H15F4N3O4S. The average Bonchev–Trinajstić information content (AvgIpc) is 2.70. The number of aromatic amines is 1. The largest absolute Gasteiger partial charge is 0.417 e. The van der Waals surface area contributed by atoms with Gasteiger partial charge in [0.05, 0.1) is 16.1 Å². The number of para-hydroxylation sites is 1. The molecule has 0 aliphatic carbocycles. The predicted octanol–water partition coefficient (Wildman–Crippen LogP) is 3.89.